The number of imidazole rings is 1. The molecule has 0 radical (unpaired) electrons. The second-order valence-corrected chi connectivity index (χ2v) is 5.07. The summed E-state index contributed by atoms with van der Waals surface area (Å²) in [7, 11) is -3.15. The summed E-state index contributed by atoms with van der Waals surface area (Å²) in [5.74, 6) is 0.652. The SMILES string of the molecule is CS(=O)(=O)NCC(S)c1ncc[nH]1. The van der Waals surface area contributed by atoms with E-state index in [0.29, 0.717) is 5.82 Å². The van der Waals surface area contributed by atoms with Crippen LogP contribution in [0.15, 0.2) is 12.4 Å². The van der Waals surface area contributed by atoms with Crippen LogP contribution in [-0.2, 0) is 10.0 Å². The molecule has 0 bridgehead atoms. The maximum absolute atomic E-state index is 10.7. The van der Waals surface area contributed by atoms with Crippen molar-refractivity contribution in [1.82, 2.24) is 14.7 Å². The molecule has 0 fully saturated rings. The van der Waals surface area contributed by atoms with E-state index in [1.54, 1.807) is 12.4 Å². The zero-order valence-corrected chi connectivity index (χ0v) is 8.77. The molecule has 0 aromatic carbocycles. The Balaban J connectivity index is 2.48. The lowest BCUT2D eigenvalue weighted by Gasteiger charge is -2.07. The molecule has 1 aromatic rings. The van der Waals surface area contributed by atoms with Crippen molar-refractivity contribution < 1.29 is 8.42 Å². The first-order chi connectivity index (χ1) is 5.99. The fourth-order valence-electron chi connectivity index (χ4n) is 0.787. The molecule has 1 atom stereocenters. The molecule has 0 saturated carbocycles. The Morgan fingerprint density at radius 2 is 2.46 bits per heavy atom. The number of H-pyrrole nitrogens is 1. The lowest BCUT2D eigenvalue weighted by atomic mass is 10.4. The minimum atomic E-state index is -3.15. The fraction of sp³-hybridized carbons (Fsp3) is 0.500. The Morgan fingerprint density at radius 1 is 1.77 bits per heavy atom. The van der Waals surface area contributed by atoms with Gasteiger partial charge in [-0.1, -0.05) is 0 Å². The van der Waals surface area contributed by atoms with Crippen molar-refractivity contribution >= 4 is 22.7 Å². The Bertz CT molecular complexity index is 346. The molecule has 13 heavy (non-hydrogen) atoms. The van der Waals surface area contributed by atoms with Gasteiger partial charge in [0.15, 0.2) is 0 Å². The molecule has 74 valence electrons. The number of aromatic nitrogens is 2. The van der Waals surface area contributed by atoms with Crippen LogP contribution in [0.2, 0.25) is 0 Å². The smallest absolute Gasteiger partial charge is 0.208 e. The molecule has 1 unspecified atom stereocenters. The van der Waals surface area contributed by atoms with Crippen molar-refractivity contribution in [2.75, 3.05) is 12.8 Å². The standard InChI is InChI=1S/C6H11N3O2S2/c1-13(10,11)9-4-5(12)6-7-2-3-8-6/h2-3,5,9,12H,4H2,1H3,(H,7,8). The van der Waals surface area contributed by atoms with Crippen molar-refractivity contribution in [2.24, 2.45) is 0 Å². The third kappa shape index (κ3) is 3.79. The van der Waals surface area contributed by atoms with Gasteiger partial charge in [-0.3, -0.25) is 0 Å². The largest absolute Gasteiger partial charge is 0.348 e. The molecule has 0 aliphatic rings. The van der Waals surface area contributed by atoms with E-state index in [1.807, 2.05) is 0 Å². The van der Waals surface area contributed by atoms with Crippen molar-refractivity contribution in [2.45, 2.75) is 5.25 Å². The van der Waals surface area contributed by atoms with Crippen molar-refractivity contribution in [3.05, 3.63) is 18.2 Å². The lowest BCUT2D eigenvalue weighted by Crippen LogP contribution is -2.25. The zero-order chi connectivity index (χ0) is 9.90. The number of sulfonamides is 1. The topological polar surface area (TPSA) is 74.8 Å². The molecule has 5 nitrogen and oxygen atoms in total. The van der Waals surface area contributed by atoms with Gasteiger partial charge in [0.2, 0.25) is 10.0 Å². The van der Waals surface area contributed by atoms with Crippen molar-refractivity contribution in [3.8, 4) is 0 Å². The third-order valence-corrected chi connectivity index (χ3v) is 2.49. The highest BCUT2D eigenvalue weighted by atomic mass is 32.2. The summed E-state index contributed by atoms with van der Waals surface area (Å²) >= 11 is 4.18. The number of aromatic amines is 1. The summed E-state index contributed by atoms with van der Waals surface area (Å²) in [5.41, 5.74) is 0. The summed E-state index contributed by atoms with van der Waals surface area (Å²) in [6, 6.07) is 0. The Hall–Kier alpha value is -0.530. The number of thiol groups is 1. The molecule has 1 rings (SSSR count). The minimum absolute atomic E-state index is 0.232. The second-order valence-electron chi connectivity index (χ2n) is 2.61. The van der Waals surface area contributed by atoms with Crippen LogP contribution in [0, 0.1) is 0 Å². The van der Waals surface area contributed by atoms with E-state index in [1.165, 1.54) is 0 Å². The monoisotopic (exact) mass is 221 g/mol. The molecule has 1 heterocycles. The average molecular weight is 221 g/mol. The summed E-state index contributed by atoms with van der Waals surface area (Å²) in [6.07, 6.45) is 4.37. The van der Waals surface area contributed by atoms with Crippen LogP contribution < -0.4 is 4.72 Å². The summed E-state index contributed by atoms with van der Waals surface area (Å²) in [4.78, 5) is 6.80. The van der Waals surface area contributed by atoms with Gasteiger partial charge in [-0.15, -0.1) is 0 Å². The van der Waals surface area contributed by atoms with Crippen LogP contribution in [-0.4, -0.2) is 31.2 Å². The normalized spacial score (nSPS) is 14.3. The molecule has 0 spiro atoms. The van der Waals surface area contributed by atoms with Crippen LogP contribution in [0.1, 0.15) is 11.1 Å². The highest BCUT2D eigenvalue weighted by Crippen LogP contribution is 2.13. The van der Waals surface area contributed by atoms with Crippen molar-refractivity contribution in [1.29, 1.82) is 0 Å². The highest BCUT2D eigenvalue weighted by molar-refractivity contribution is 7.88. The van der Waals surface area contributed by atoms with E-state index in [9.17, 15) is 8.42 Å². The Morgan fingerprint density at radius 3 is 2.92 bits per heavy atom. The summed E-state index contributed by atoms with van der Waals surface area (Å²) < 4.78 is 23.8. The van der Waals surface area contributed by atoms with E-state index in [2.05, 4.69) is 27.3 Å². The highest BCUT2D eigenvalue weighted by Gasteiger charge is 2.10. The first kappa shape index (κ1) is 10.6. The van der Waals surface area contributed by atoms with E-state index in [0.717, 1.165) is 6.26 Å². The lowest BCUT2D eigenvalue weighted by molar-refractivity contribution is 0.586. The third-order valence-electron chi connectivity index (χ3n) is 1.37. The Labute approximate surface area is 82.4 Å². The van der Waals surface area contributed by atoms with Gasteiger partial charge in [0, 0.05) is 18.9 Å². The molecular weight excluding hydrogens is 210 g/mol. The van der Waals surface area contributed by atoms with E-state index < -0.39 is 10.0 Å². The van der Waals surface area contributed by atoms with Crippen LogP contribution in [0.25, 0.3) is 0 Å². The molecule has 0 saturated heterocycles. The van der Waals surface area contributed by atoms with Crippen LogP contribution >= 0.6 is 12.6 Å². The molecular formula is C6H11N3O2S2. The quantitative estimate of drug-likeness (QED) is 0.623. The number of nitrogens with one attached hydrogen (secondary N) is 2. The van der Waals surface area contributed by atoms with Gasteiger partial charge in [0.1, 0.15) is 5.82 Å². The predicted octanol–water partition coefficient (Wildman–Crippen LogP) is -0.0702. The van der Waals surface area contributed by atoms with Gasteiger partial charge in [0.25, 0.3) is 0 Å². The van der Waals surface area contributed by atoms with Crippen molar-refractivity contribution in [3.63, 3.8) is 0 Å². The van der Waals surface area contributed by atoms with Gasteiger partial charge in [-0.05, 0) is 0 Å². The summed E-state index contributed by atoms with van der Waals surface area (Å²) in [5, 5.41) is -0.246. The second kappa shape index (κ2) is 4.12. The summed E-state index contributed by atoms with van der Waals surface area (Å²) in [6.45, 7) is 0.232. The zero-order valence-electron chi connectivity index (χ0n) is 7.06. The van der Waals surface area contributed by atoms with Gasteiger partial charge in [-0.25, -0.2) is 18.1 Å². The maximum Gasteiger partial charge on any atom is 0.208 e. The Kier molecular flexibility index (Phi) is 3.34. The number of hydrogen-bond acceptors (Lipinski definition) is 4. The van der Waals surface area contributed by atoms with Crippen LogP contribution in [0.5, 0.6) is 0 Å². The maximum atomic E-state index is 10.7. The fourth-order valence-corrected chi connectivity index (χ4v) is 1.61. The first-order valence-electron chi connectivity index (χ1n) is 3.61. The van der Waals surface area contributed by atoms with E-state index in [4.69, 9.17) is 0 Å². The first-order valence-corrected chi connectivity index (χ1v) is 6.02. The van der Waals surface area contributed by atoms with Crippen LogP contribution in [0.3, 0.4) is 0 Å². The average Bonchev–Trinajstić information content (AvgIpc) is 2.50. The predicted molar refractivity (Wildman–Crippen MR) is 53.2 cm³/mol. The molecule has 2 N–H and O–H groups in total. The van der Waals surface area contributed by atoms with E-state index >= 15 is 0 Å². The molecule has 0 aliphatic carbocycles. The molecule has 1 aromatic heterocycles. The molecule has 0 amide bonds. The number of nitrogens with zero attached hydrogens (tertiary/aromatic N) is 1. The van der Waals surface area contributed by atoms with Crippen LogP contribution in [0.4, 0.5) is 0 Å². The van der Waals surface area contributed by atoms with Gasteiger partial charge >= 0.3 is 0 Å². The van der Waals surface area contributed by atoms with Gasteiger partial charge in [0.05, 0.1) is 11.5 Å². The molecule has 7 heteroatoms. The number of hydrogen-bond donors (Lipinski definition) is 3. The van der Waals surface area contributed by atoms with E-state index in [-0.39, 0.29) is 11.8 Å². The minimum Gasteiger partial charge on any atom is -0.348 e. The number of rotatable bonds is 4. The van der Waals surface area contributed by atoms with Gasteiger partial charge in [-0.2, -0.15) is 12.6 Å². The van der Waals surface area contributed by atoms with Gasteiger partial charge < -0.3 is 4.98 Å². The molecule has 0 aliphatic heterocycles.